The van der Waals surface area contributed by atoms with Gasteiger partial charge in [0.05, 0.1) is 22.2 Å². The molecule has 40 heavy (non-hydrogen) atoms. The van der Waals surface area contributed by atoms with Crippen LogP contribution in [0.3, 0.4) is 0 Å². The molecule has 0 radical (unpaired) electrons. The Morgan fingerprint density at radius 1 is 0.925 bits per heavy atom. The molecule has 0 aliphatic carbocycles. The molecule has 7 nitrogen and oxygen atoms in total. The van der Waals surface area contributed by atoms with Gasteiger partial charge in [0.25, 0.3) is 0 Å². The van der Waals surface area contributed by atoms with E-state index < -0.39 is 57.1 Å². The highest BCUT2D eigenvalue weighted by Gasteiger charge is 2.58. The van der Waals surface area contributed by atoms with Gasteiger partial charge in [-0.05, 0) is 35.7 Å². The Kier molecular flexibility index (Phi) is 6.67. The van der Waals surface area contributed by atoms with Crippen molar-refractivity contribution in [3.63, 3.8) is 0 Å². The normalized spacial score (nSPS) is 20.4. The second-order valence-corrected chi connectivity index (χ2v) is 12.2. The summed E-state index contributed by atoms with van der Waals surface area (Å²) in [6.45, 7) is -0.329. The summed E-state index contributed by atoms with van der Waals surface area (Å²) in [5, 5.41) is 3.80. The van der Waals surface area contributed by atoms with Gasteiger partial charge in [0.2, 0.25) is 17.7 Å². The topological polar surface area (TPSA) is 88.5 Å². The standard InChI is InChI=1S/C27H18F3N3O4S3/c28-27(29,30)15-9-4-5-10-16(15)33-23(35)20-19(17-11-6-12-38-17)22-25(39-21(20)24(33)36)32(26(37)40-22)13-18(34)31-14-7-2-1-3-8-14/h1-12,19-21H,13H2,(H,31,34)/t19-,20-,21+/m0/s1. The maximum absolute atomic E-state index is 13.8. The van der Waals surface area contributed by atoms with Crippen LogP contribution in [0.15, 0.2) is 81.9 Å². The molecule has 204 valence electrons. The Morgan fingerprint density at radius 3 is 2.35 bits per heavy atom. The smallest absolute Gasteiger partial charge is 0.325 e. The molecule has 1 N–H and O–H groups in total. The number of benzene rings is 2. The summed E-state index contributed by atoms with van der Waals surface area (Å²) in [6.07, 6.45) is -4.78. The average Bonchev–Trinajstić information content (AvgIpc) is 3.61. The number of thiophene rings is 1. The first-order valence-electron chi connectivity index (χ1n) is 12.0. The number of para-hydroxylation sites is 2. The van der Waals surface area contributed by atoms with Crippen LogP contribution in [-0.2, 0) is 27.1 Å². The van der Waals surface area contributed by atoms with Crippen molar-refractivity contribution >= 4 is 63.5 Å². The third-order valence-corrected chi connectivity index (χ3v) is 10.3. The molecule has 2 aliphatic heterocycles. The highest BCUT2D eigenvalue weighted by Crippen LogP contribution is 2.55. The van der Waals surface area contributed by atoms with Gasteiger partial charge in [0, 0.05) is 21.4 Å². The largest absolute Gasteiger partial charge is 0.418 e. The van der Waals surface area contributed by atoms with Crippen molar-refractivity contribution in [2.75, 3.05) is 10.2 Å². The summed E-state index contributed by atoms with van der Waals surface area (Å²) in [4.78, 5) is 54.9. The number of carbonyl (C=O) groups excluding carboxylic acids is 3. The van der Waals surface area contributed by atoms with Crippen molar-refractivity contribution in [2.45, 2.75) is 28.9 Å². The lowest BCUT2D eigenvalue weighted by atomic mass is 9.87. The molecule has 0 spiro atoms. The molecular formula is C27H18F3N3O4S3. The quantitative estimate of drug-likeness (QED) is 0.309. The summed E-state index contributed by atoms with van der Waals surface area (Å²) in [5.41, 5.74) is -1.06. The minimum absolute atomic E-state index is 0.329. The zero-order chi connectivity index (χ0) is 28.2. The van der Waals surface area contributed by atoms with Crippen LogP contribution in [0.25, 0.3) is 0 Å². The van der Waals surface area contributed by atoms with Gasteiger partial charge >= 0.3 is 11.0 Å². The van der Waals surface area contributed by atoms with E-state index in [4.69, 9.17) is 0 Å². The average molecular weight is 602 g/mol. The molecule has 2 aromatic heterocycles. The van der Waals surface area contributed by atoms with Gasteiger partial charge < -0.3 is 5.32 Å². The minimum Gasteiger partial charge on any atom is -0.325 e. The van der Waals surface area contributed by atoms with Gasteiger partial charge in [-0.1, -0.05) is 59.5 Å². The lowest BCUT2D eigenvalue weighted by Crippen LogP contribution is -2.33. The molecule has 4 aromatic rings. The second-order valence-electron chi connectivity index (χ2n) is 9.12. The maximum Gasteiger partial charge on any atom is 0.418 e. The molecule has 3 amide bonds. The summed E-state index contributed by atoms with van der Waals surface area (Å²) in [6, 6.07) is 16.7. The van der Waals surface area contributed by atoms with Crippen LogP contribution >= 0.6 is 34.4 Å². The number of halogens is 3. The summed E-state index contributed by atoms with van der Waals surface area (Å²) >= 11 is 3.16. The van der Waals surface area contributed by atoms with Crippen molar-refractivity contribution in [2.24, 2.45) is 5.92 Å². The predicted molar refractivity (Wildman–Crippen MR) is 147 cm³/mol. The number of aromatic nitrogens is 1. The van der Waals surface area contributed by atoms with Crippen molar-refractivity contribution in [1.82, 2.24) is 4.57 Å². The van der Waals surface area contributed by atoms with Gasteiger partial charge in [-0.2, -0.15) is 13.2 Å². The fourth-order valence-electron chi connectivity index (χ4n) is 5.04. The van der Waals surface area contributed by atoms with E-state index in [9.17, 15) is 32.3 Å². The van der Waals surface area contributed by atoms with Crippen LogP contribution in [-0.4, -0.2) is 27.5 Å². The molecule has 0 saturated carbocycles. The molecule has 0 unspecified atom stereocenters. The molecule has 0 bridgehead atoms. The van der Waals surface area contributed by atoms with Crippen LogP contribution < -0.4 is 15.1 Å². The predicted octanol–water partition coefficient (Wildman–Crippen LogP) is 5.42. The fourth-order valence-corrected chi connectivity index (χ4v) is 8.76. The number of anilines is 2. The first-order chi connectivity index (χ1) is 19.1. The lowest BCUT2D eigenvalue weighted by molar-refractivity contribution is -0.137. The van der Waals surface area contributed by atoms with E-state index in [-0.39, 0.29) is 6.54 Å². The Hall–Kier alpha value is -3.68. The van der Waals surface area contributed by atoms with Gasteiger partial charge in [0.15, 0.2) is 0 Å². The monoisotopic (exact) mass is 601 g/mol. The molecule has 6 rings (SSSR count). The van der Waals surface area contributed by atoms with E-state index in [0.717, 1.165) is 35.2 Å². The molecule has 2 aliphatic rings. The highest BCUT2D eigenvalue weighted by atomic mass is 32.2. The van der Waals surface area contributed by atoms with Crippen molar-refractivity contribution in [3.8, 4) is 0 Å². The number of hydrogen-bond acceptors (Lipinski definition) is 7. The Labute approximate surface area is 237 Å². The lowest BCUT2D eigenvalue weighted by Gasteiger charge is -2.29. The van der Waals surface area contributed by atoms with Crippen molar-refractivity contribution in [3.05, 3.63) is 97.1 Å². The van der Waals surface area contributed by atoms with Gasteiger partial charge in [-0.3, -0.25) is 23.7 Å². The number of alkyl halides is 3. The Balaban J connectivity index is 1.41. The van der Waals surface area contributed by atoms with E-state index in [0.29, 0.717) is 25.4 Å². The third-order valence-electron chi connectivity index (χ3n) is 6.71. The fraction of sp³-hybridized carbons (Fsp3) is 0.185. The number of hydrogen-bond donors (Lipinski definition) is 1. The first-order valence-corrected chi connectivity index (χ1v) is 14.5. The first kappa shape index (κ1) is 26.5. The van der Waals surface area contributed by atoms with Crippen LogP contribution in [0.2, 0.25) is 0 Å². The van der Waals surface area contributed by atoms with Gasteiger partial charge in [-0.15, -0.1) is 11.3 Å². The number of thiazole rings is 1. The number of imide groups is 1. The molecule has 3 atom stereocenters. The van der Waals surface area contributed by atoms with E-state index >= 15 is 0 Å². The zero-order valence-corrected chi connectivity index (χ0v) is 22.7. The molecular weight excluding hydrogens is 584 g/mol. The van der Waals surface area contributed by atoms with Crippen molar-refractivity contribution in [1.29, 1.82) is 0 Å². The maximum atomic E-state index is 13.8. The van der Waals surface area contributed by atoms with E-state index in [2.05, 4.69) is 5.32 Å². The molecule has 4 heterocycles. The Bertz CT molecular complexity index is 1680. The van der Waals surface area contributed by atoms with Crippen LogP contribution in [0.1, 0.15) is 21.2 Å². The van der Waals surface area contributed by atoms with E-state index in [1.165, 1.54) is 28.0 Å². The number of rotatable bonds is 5. The minimum atomic E-state index is -4.78. The highest BCUT2D eigenvalue weighted by molar-refractivity contribution is 8.00. The van der Waals surface area contributed by atoms with Crippen LogP contribution in [0, 0.1) is 5.92 Å². The third kappa shape index (κ3) is 4.47. The molecule has 1 saturated heterocycles. The molecule has 13 heteroatoms. The number of thioether (sulfide) groups is 1. The molecule has 2 aromatic carbocycles. The number of fused-ring (bicyclic) bond motifs is 2. The van der Waals surface area contributed by atoms with Crippen LogP contribution in [0.4, 0.5) is 24.5 Å². The summed E-state index contributed by atoms with van der Waals surface area (Å²) < 4.78 is 42.8. The number of carbonyl (C=O) groups is 3. The number of nitrogens with one attached hydrogen (secondary N) is 1. The SMILES string of the molecule is O=C(Cn1c2c(sc1=O)[C@@H](c1cccs1)[C@@H]1C(=O)N(c3ccccc3C(F)(F)F)C(=O)[C@@H]1S2)Nc1ccccc1. The number of amides is 3. The summed E-state index contributed by atoms with van der Waals surface area (Å²) in [5.74, 6) is -3.74. The van der Waals surface area contributed by atoms with Crippen LogP contribution in [0.5, 0.6) is 0 Å². The Morgan fingerprint density at radius 2 is 1.65 bits per heavy atom. The van der Waals surface area contributed by atoms with E-state index in [1.807, 2.05) is 0 Å². The summed E-state index contributed by atoms with van der Waals surface area (Å²) in [7, 11) is 0. The van der Waals surface area contributed by atoms with Crippen molar-refractivity contribution < 1.29 is 27.6 Å². The van der Waals surface area contributed by atoms with E-state index in [1.54, 1.807) is 47.8 Å². The second kappa shape index (κ2) is 10.1. The van der Waals surface area contributed by atoms with Gasteiger partial charge in [-0.25, -0.2) is 4.90 Å². The zero-order valence-electron chi connectivity index (χ0n) is 20.3. The van der Waals surface area contributed by atoms with Gasteiger partial charge in [0.1, 0.15) is 11.8 Å². The molecule has 1 fully saturated rings. The number of nitrogens with zero attached hydrogens (tertiary/aromatic N) is 2.